The lowest BCUT2D eigenvalue weighted by Gasteiger charge is -2.20. The highest BCUT2D eigenvalue weighted by Crippen LogP contribution is 2.18. The number of hydrogen-bond donors (Lipinski definition) is 0. The molecule has 1 aliphatic carbocycles. The van der Waals surface area contributed by atoms with Gasteiger partial charge in [0.05, 0.1) is 0 Å². The van der Waals surface area contributed by atoms with Crippen LogP contribution in [-0.4, -0.2) is 5.60 Å². The van der Waals surface area contributed by atoms with Crippen molar-refractivity contribution in [1.82, 2.24) is 0 Å². The van der Waals surface area contributed by atoms with Crippen molar-refractivity contribution < 1.29 is 4.74 Å². The van der Waals surface area contributed by atoms with Crippen LogP contribution in [0.3, 0.4) is 0 Å². The summed E-state index contributed by atoms with van der Waals surface area (Å²) in [7, 11) is 0. The normalized spacial score (nSPS) is 17.3. The van der Waals surface area contributed by atoms with E-state index in [1.807, 2.05) is 6.08 Å². The maximum Gasteiger partial charge on any atom is 0.116 e. The van der Waals surface area contributed by atoms with Crippen molar-refractivity contribution in [2.24, 2.45) is 0 Å². The molecule has 0 aliphatic heterocycles. The summed E-state index contributed by atoms with van der Waals surface area (Å²) in [6, 6.07) is 0. The van der Waals surface area contributed by atoms with E-state index in [-0.39, 0.29) is 5.60 Å². The summed E-state index contributed by atoms with van der Waals surface area (Å²) >= 11 is 0. The molecular weight excluding hydrogens is 124 g/mol. The third-order valence-electron chi connectivity index (χ3n) is 1.16. The molecule has 0 aromatic rings. The first-order valence-corrected chi connectivity index (χ1v) is 3.64. The van der Waals surface area contributed by atoms with Gasteiger partial charge < -0.3 is 4.74 Å². The largest absolute Gasteiger partial charge is 0.489 e. The van der Waals surface area contributed by atoms with Crippen LogP contribution in [0.15, 0.2) is 24.0 Å². The van der Waals surface area contributed by atoms with E-state index in [0.29, 0.717) is 0 Å². The molecule has 0 saturated heterocycles. The molecule has 0 unspecified atom stereocenters. The number of ether oxygens (including phenoxy) is 1. The fraction of sp³-hybridized carbons (Fsp3) is 0.556. The van der Waals surface area contributed by atoms with E-state index in [1.54, 1.807) is 0 Å². The molecule has 0 amide bonds. The molecule has 1 heteroatoms. The molecule has 1 rings (SSSR count). The van der Waals surface area contributed by atoms with Gasteiger partial charge in [-0.1, -0.05) is 6.08 Å². The lowest BCUT2D eigenvalue weighted by Crippen LogP contribution is -2.17. The zero-order valence-corrected chi connectivity index (χ0v) is 6.85. The van der Waals surface area contributed by atoms with Crippen molar-refractivity contribution in [3.63, 3.8) is 0 Å². The molecule has 0 spiro atoms. The Hall–Kier alpha value is -0.720. The van der Waals surface area contributed by atoms with Crippen LogP contribution in [0.1, 0.15) is 27.2 Å². The van der Waals surface area contributed by atoms with Gasteiger partial charge in [0.1, 0.15) is 11.4 Å². The molecule has 0 saturated carbocycles. The highest BCUT2D eigenvalue weighted by molar-refractivity contribution is 5.20. The molecule has 0 N–H and O–H groups in total. The van der Waals surface area contributed by atoms with Gasteiger partial charge in [0.15, 0.2) is 0 Å². The molecule has 1 nitrogen and oxygen atoms in total. The molecule has 0 aromatic heterocycles. The zero-order valence-electron chi connectivity index (χ0n) is 6.85. The fourth-order valence-corrected chi connectivity index (χ4v) is 0.866. The summed E-state index contributed by atoms with van der Waals surface area (Å²) in [6.45, 7) is 6.17. The molecule has 0 atom stereocenters. The van der Waals surface area contributed by atoms with Crippen molar-refractivity contribution in [2.75, 3.05) is 0 Å². The van der Waals surface area contributed by atoms with Crippen molar-refractivity contribution in [3.05, 3.63) is 24.0 Å². The van der Waals surface area contributed by atoms with Gasteiger partial charge in [-0.05, 0) is 39.3 Å². The number of hydrogen-bond acceptors (Lipinski definition) is 1. The van der Waals surface area contributed by atoms with E-state index in [2.05, 4.69) is 32.9 Å². The standard InChI is InChI=1S/C9H14O/c1-9(2,3)10-8-6-4-5-7-8/h4,6-7H,5H2,1-3H3. The average molecular weight is 138 g/mol. The van der Waals surface area contributed by atoms with Crippen LogP contribution >= 0.6 is 0 Å². The predicted molar refractivity (Wildman–Crippen MR) is 42.7 cm³/mol. The SMILES string of the molecule is CC(C)(C)OC1=CCC=C1. The third-order valence-corrected chi connectivity index (χ3v) is 1.16. The van der Waals surface area contributed by atoms with Crippen molar-refractivity contribution in [3.8, 4) is 0 Å². The van der Waals surface area contributed by atoms with Gasteiger partial charge in [0, 0.05) is 0 Å². The second-order valence-corrected chi connectivity index (χ2v) is 3.46. The Balaban J connectivity index is 2.46. The van der Waals surface area contributed by atoms with Crippen LogP contribution in [0.2, 0.25) is 0 Å². The van der Waals surface area contributed by atoms with Crippen molar-refractivity contribution >= 4 is 0 Å². The quantitative estimate of drug-likeness (QED) is 0.541. The van der Waals surface area contributed by atoms with Gasteiger partial charge in [-0.3, -0.25) is 0 Å². The first-order chi connectivity index (χ1) is 4.58. The minimum Gasteiger partial charge on any atom is -0.489 e. The van der Waals surface area contributed by atoms with Gasteiger partial charge in [0.25, 0.3) is 0 Å². The number of allylic oxidation sites excluding steroid dienone is 3. The van der Waals surface area contributed by atoms with Crippen LogP contribution in [0.4, 0.5) is 0 Å². The molecule has 1 aliphatic rings. The summed E-state index contributed by atoms with van der Waals surface area (Å²) in [5.41, 5.74) is -0.0550. The van der Waals surface area contributed by atoms with E-state index < -0.39 is 0 Å². The van der Waals surface area contributed by atoms with Gasteiger partial charge >= 0.3 is 0 Å². The highest BCUT2D eigenvalue weighted by Gasteiger charge is 2.12. The van der Waals surface area contributed by atoms with Gasteiger partial charge in [-0.15, -0.1) is 0 Å². The maximum atomic E-state index is 5.57. The molecular formula is C9H14O. The molecule has 10 heavy (non-hydrogen) atoms. The third kappa shape index (κ3) is 2.26. The Morgan fingerprint density at radius 2 is 2.10 bits per heavy atom. The summed E-state index contributed by atoms with van der Waals surface area (Å²) in [5, 5.41) is 0. The maximum absolute atomic E-state index is 5.57. The van der Waals surface area contributed by atoms with Crippen LogP contribution in [-0.2, 0) is 4.74 Å². The smallest absolute Gasteiger partial charge is 0.116 e. The van der Waals surface area contributed by atoms with Crippen LogP contribution in [0, 0.1) is 0 Å². The summed E-state index contributed by atoms with van der Waals surface area (Å²) in [6.07, 6.45) is 7.23. The second-order valence-electron chi connectivity index (χ2n) is 3.46. The first-order valence-electron chi connectivity index (χ1n) is 3.64. The lowest BCUT2D eigenvalue weighted by molar-refractivity contribution is 0.0603. The Labute approximate surface area is 62.4 Å². The Morgan fingerprint density at radius 1 is 1.40 bits per heavy atom. The summed E-state index contributed by atoms with van der Waals surface area (Å²) in [5.74, 6) is 1.01. The lowest BCUT2D eigenvalue weighted by atomic mass is 10.2. The molecule has 0 bridgehead atoms. The molecule has 0 heterocycles. The highest BCUT2D eigenvalue weighted by atomic mass is 16.5. The zero-order chi connectivity index (χ0) is 7.61. The summed E-state index contributed by atoms with van der Waals surface area (Å²) < 4.78 is 5.57. The molecule has 0 fully saturated rings. The van der Waals surface area contributed by atoms with Crippen LogP contribution in [0.25, 0.3) is 0 Å². The van der Waals surface area contributed by atoms with Crippen LogP contribution in [0.5, 0.6) is 0 Å². The fourth-order valence-electron chi connectivity index (χ4n) is 0.866. The van der Waals surface area contributed by atoms with E-state index >= 15 is 0 Å². The Bertz CT molecular complexity index is 170. The average Bonchev–Trinajstić information content (AvgIpc) is 2.12. The van der Waals surface area contributed by atoms with Crippen molar-refractivity contribution in [2.45, 2.75) is 32.8 Å². The van der Waals surface area contributed by atoms with Crippen molar-refractivity contribution in [1.29, 1.82) is 0 Å². The number of rotatable bonds is 1. The molecule has 0 radical (unpaired) electrons. The monoisotopic (exact) mass is 138 g/mol. The molecule has 56 valence electrons. The predicted octanol–water partition coefficient (Wildman–Crippen LogP) is 2.65. The van der Waals surface area contributed by atoms with E-state index in [9.17, 15) is 0 Å². The topological polar surface area (TPSA) is 9.23 Å². The molecule has 0 aromatic carbocycles. The second kappa shape index (κ2) is 2.49. The first kappa shape index (κ1) is 7.39. The Morgan fingerprint density at radius 3 is 2.50 bits per heavy atom. The van der Waals surface area contributed by atoms with Gasteiger partial charge in [-0.2, -0.15) is 0 Å². The minimum atomic E-state index is -0.0550. The summed E-state index contributed by atoms with van der Waals surface area (Å²) in [4.78, 5) is 0. The van der Waals surface area contributed by atoms with Gasteiger partial charge in [-0.25, -0.2) is 0 Å². The van der Waals surface area contributed by atoms with Gasteiger partial charge in [0.2, 0.25) is 0 Å². The van der Waals surface area contributed by atoms with E-state index in [1.165, 1.54) is 0 Å². The van der Waals surface area contributed by atoms with E-state index in [0.717, 1.165) is 12.2 Å². The Kier molecular flexibility index (Phi) is 1.84. The van der Waals surface area contributed by atoms with Crippen LogP contribution < -0.4 is 0 Å². The minimum absolute atomic E-state index is 0.0550. The van der Waals surface area contributed by atoms with E-state index in [4.69, 9.17) is 4.74 Å².